The third kappa shape index (κ3) is 21.4. The number of carbonyl (C=O) groups excluding carboxylic acids is 3. The molecule has 17 N–H and O–H groups in total. The maximum Gasteiger partial charge on any atom is 0.469 e. The Labute approximate surface area is 246 Å². The summed E-state index contributed by atoms with van der Waals surface area (Å²) >= 11 is 0. The summed E-state index contributed by atoms with van der Waals surface area (Å²) in [5, 5.41) is 115. The van der Waals surface area contributed by atoms with Crippen LogP contribution in [0.15, 0.2) is 0 Å². The maximum absolute atomic E-state index is 10.7. The molecule has 0 amide bonds. The van der Waals surface area contributed by atoms with Gasteiger partial charge in [-0.15, -0.1) is 0 Å². The average Bonchev–Trinajstić information content (AvgIpc) is 2.98. The SMILES string of the molecule is O=C(CO)C(O)C(O)C(O)COP(=O)(O)O.O=CC(O)C(O)C(O)C(O)CO.O=CC(O)C(O)C(O)C(O)COP(=O)(O)O. The Bertz CT molecular complexity index is 894. The lowest BCUT2D eigenvalue weighted by atomic mass is 10.0. The first-order chi connectivity index (χ1) is 19.9. The van der Waals surface area contributed by atoms with Crippen molar-refractivity contribution in [1.82, 2.24) is 0 Å². The summed E-state index contributed by atoms with van der Waals surface area (Å²) in [6.07, 6.45) is -20.6. The van der Waals surface area contributed by atoms with E-state index in [1.807, 2.05) is 0 Å². The van der Waals surface area contributed by atoms with Gasteiger partial charge in [0.2, 0.25) is 0 Å². The number of Topliss-reactive ketones (excluding diaryl/α,β-unsaturated/α-hetero) is 1. The van der Waals surface area contributed by atoms with Crippen LogP contribution in [-0.2, 0) is 32.6 Å². The van der Waals surface area contributed by atoms with Gasteiger partial charge in [-0.05, 0) is 0 Å². The molecule has 0 aliphatic rings. The van der Waals surface area contributed by atoms with Gasteiger partial charge < -0.3 is 95.5 Å². The van der Waals surface area contributed by atoms with Crippen molar-refractivity contribution in [2.75, 3.05) is 26.4 Å². The van der Waals surface area contributed by atoms with Crippen LogP contribution in [0.1, 0.15) is 0 Å². The van der Waals surface area contributed by atoms with Gasteiger partial charge in [0.05, 0.1) is 19.8 Å². The predicted molar refractivity (Wildman–Crippen MR) is 133 cm³/mol. The summed E-state index contributed by atoms with van der Waals surface area (Å²) in [5.74, 6) is -1.14. The average molecular weight is 700 g/mol. The highest BCUT2D eigenvalue weighted by atomic mass is 31.2. The van der Waals surface area contributed by atoms with Crippen molar-refractivity contribution in [3.05, 3.63) is 0 Å². The number of aldehydes is 2. The van der Waals surface area contributed by atoms with E-state index in [0.717, 1.165) is 0 Å². The van der Waals surface area contributed by atoms with E-state index in [9.17, 15) is 23.5 Å². The highest BCUT2D eigenvalue weighted by molar-refractivity contribution is 7.46. The molecule has 0 aromatic carbocycles. The minimum Gasteiger partial charge on any atom is -0.394 e. The summed E-state index contributed by atoms with van der Waals surface area (Å²) in [6, 6.07) is 0. The molecule has 26 heteroatoms. The van der Waals surface area contributed by atoms with Crippen LogP contribution in [0.4, 0.5) is 0 Å². The van der Waals surface area contributed by atoms with Crippen LogP contribution in [0.2, 0.25) is 0 Å². The van der Waals surface area contributed by atoms with Crippen LogP contribution < -0.4 is 0 Å². The van der Waals surface area contributed by atoms with E-state index in [1.165, 1.54) is 0 Å². The van der Waals surface area contributed by atoms with Crippen LogP contribution in [0.3, 0.4) is 0 Å². The molecule has 0 aromatic heterocycles. The summed E-state index contributed by atoms with van der Waals surface area (Å²) in [6.45, 7) is -3.73. The Morgan fingerprint density at radius 2 is 0.886 bits per heavy atom. The fourth-order valence-corrected chi connectivity index (χ4v) is 2.86. The Hall–Kier alpha value is -1.29. The molecule has 0 aliphatic carbocycles. The topological polar surface area (TPSA) is 448 Å². The second kappa shape index (κ2) is 23.1. The van der Waals surface area contributed by atoms with E-state index in [1.54, 1.807) is 0 Å². The zero-order chi connectivity index (χ0) is 35.6. The molecule has 0 aromatic rings. The van der Waals surface area contributed by atoms with Crippen molar-refractivity contribution in [3.8, 4) is 0 Å². The molecule has 0 saturated carbocycles. The van der Waals surface area contributed by atoms with Crippen molar-refractivity contribution in [2.45, 2.75) is 67.1 Å². The van der Waals surface area contributed by atoms with E-state index >= 15 is 0 Å². The lowest BCUT2D eigenvalue weighted by Crippen LogP contribution is -2.46. The first-order valence-electron chi connectivity index (χ1n) is 11.5. The molecule has 264 valence electrons. The molecule has 11 atom stereocenters. The molecule has 44 heavy (non-hydrogen) atoms. The van der Waals surface area contributed by atoms with Gasteiger partial charge in [0.25, 0.3) is 0 Å². The first-order valence-corrected chi connectivity index (χ1v) is 14.5. The van der Waals surface area contributed by atoms with Gasteiger partial charge >= 0.3 is 15.6 Å². The number of aliphatic hydroxyl groups is 13. The zero-order valence-electron chi connectivity index (χ0n) is 22.2. The van der Waals surface area contributed by atoms with Crippen LogP contribution in [-0.4, -0.2) is 198 Å². The summed E-state index contributed by atoms with van der Waals surface area (Å²) < 4.78 is 28.2. The molecule has 11 unspecified atom stereocenters. The second-order valence-electron chi connectivity index (χ2n) is 8.23. The fourth-order valence-electron chi connectivity index (χ4n) is 2.17. The monoisotopic (exact) mass is 700 g/mol. The molecule has 0 fully saturated rings. The van der Waals surface area contributed by atoms with E-state index < -0.39 is 115 Å². The van der Waals surface area contributed by atoms with Gasteiger partial charge in [-0.25, -0.2) is 9.13 Å². The first kappa shape index (κ1) is 47.1. The van der Waals surface area contributed by atoms with Crippen molar-refractivity contribution in [3.63, 3.8) is 0 Å². The van der Waals surface area contributed by atoms with Crippen LogP contribution >= 0.6 is 15.6 Å². The third-order valence-corrected chi connectivity index (χ3v) is 5.66. The van der Waals surface area contributed by atoms with Crippen molar-refractivity contribution < 1.29 is 119 Å². The summed E-state index contributed by atoms with van der Waals surface area (Å²) in [7, 11) is -9.61. The molecule has 0 rings (SSSR count). The summed E-state index contributed by atoms with van der Waals surface area (Å²) in [4.78, 5) is 63.7. The molecule has 0 bridgehead atoms. The molecule has 0 aliphatic heterocycles. The van der Waals surface area contributed by atoms with Gasteiger partial charge in [0, 0.05) is 0 Å². The molecule has 0 spiro atoms. The summed E-state index contributed by atoms with van der Waals surface area (Å²) in [5.41, 5.74) is 0. The Morgan fingerprint density at radius 3 is 1.16 bits per heavy atom. The molecule has 0 heterocycles. The molecule has 24 nitrogen and oxygen atoms in total. The standard InChI is InChI=1S/2C6H13O9P.C6H12O6/c2*7-1-3(8)5(10)6(11)4(9)2-15-16(12,13)14;7-1-3(9)5(11)6(12)4(10)2-8/h4-7,9-11H,1-2H2,(H2,12,13,14);1,3-6,8-11H,2H2,(H2,12,13,14);1,3-6,8-12H,2H2. The van der Waals surface area contributed by atoms with Crippen LogP contribution in [0, 0.1) is 0 Å². The number of aliphatic hydroxyl groups excluding tert-OH is 13. The number of ketones is 1. The minimum atomic E-state index is -4.81. The van der Waals surface area contributed by atoms with Gasteiger partial charge in [-0.1, -0.05) is 0 Å². The lowest BCUT2D eigenvalue weighted by Gasteiger charge is -2.23. The fraction of sp³-hybridized carbons (Fsp3) is 0.833. The minimum absolute atomic E-state index is 0.0258. The molecular weight excluding hydrogens is 662 g/mol. The smallest absolute Gasteiger partial charge is 0.394 e. The molecular formula is C18H38O24P2. The van der Waals surface area contributed by atoms with Crippen LogP contribution in [0.25, 0.3) is 0 Å². The van der Waals surface area contributed by atoms with Gasteiger partial charge in [-0.2, -0.15) is 0 Å². The van der Waals surface area contributed by atoms with E-state index in [-0.39, 0.29) is 12.6 Å². The second-order valence-corrected chi connectivity index (χ2v) is 10.7. The number of hydrogen-bond acceptors (Lipinski definition) is 20. The van der Waals surface area contributed by atoms with E-state index in [2.05, 4.69) is 9.05 Å². The number of hydrogen-bond donors (Lipinski definition) is 17. The highest BCUT2D eigenvalue weighted by Crippen LogP contribution is 2.36. The highest BCUT2D eigenvalue weighted by Gasteiger charge is 2.33. The van der Waals surface area contributed by atoms with Gasteiger partial charge in [0.1, 0.15) is 73.8 Å². The molecule has 0 saturated heterocycles. The largest absolute Gasteiger partial charge is 0.469 e. The number of rotatable bonds is 19. The third-order valence-electron chi connectivity index (χ3n) is 4.68. The van der Waals surface area contributed by atoms with E-state index in [0.29, 0.717) is 0 Å². The Kier molecular flexibility index (Phi) is 24.7. The maximum atomic E-state index is 10.7. The van der Waals surface area contributed by atoms with Crippen LogP contribution in [0.5, 0.6) is 0 Å². The number of phosphoric ester groups is 2. The predicted octanol–water partition coefficient (Wildman–Crippen LogP) is -9.90. The Morgan fingerprint density at radius 1 is 0.568 bits per heavy atom. The molecule has 0 radical (unpaired) electrons. The van der Waals surface area contributed by atoms with Crippen molar-refractivity contribution >= 4 is 34.0 Å². The Balaban J connectivity index is -0.000000580. The van der Waals surface area contributed by atoms with Crippen molar-refractivity contribution in [2.24, 2.45) is 0 Å². The van der Waals surface area contributed by atoms with E-state index in [4.69, 9.17) is 86.0 Å². The zero-order valence-corrected chi connectivity index (χ0v) is 24.0. The number of carbonyl (C=O) groups is 3. The number of phosphoric acid groups is 2. The normalized spacial score (nSPS) is 19.5. The van der Waals surface area contributed by atoms with Crippen molar-refractivity contribution in [1.29, 1.82) is 0 Å². The lowest BCUT2D eigenvalue weighted by molar-refractivity contribution is -0.142. The quantitative estimate of drug-likeness (QED) is 0.0439. The van der Waals surface area contributed by atoms with Gasteiger partial charge in [0.15, 0.2) is 18.4 Å². The van der Waals surface area contributed by atoms with Gasteiger partial charge in [-0.3, -0.25) is 13.8 Å².